The van der Waals surface area contributed by atoms with Crippen molar-refractivity contribution in [3.63, 3.8) is 0 Å². The third kappa shape index (κ3) is 5.11. The van der Waals surface area contributed by atoms with E-state index in [0.29, 0.717) is 18.9 Å². The second kappa shape index (κ2) is 7.22. The molecule has 0 aliphatic carbocycles. The van der Waals surface area contributed by atoms with E-state index in [1.54, 1.807) is 0 Å². The molecule has 0 saturated carbocycles. The Morgan fingerprint density at radius 3 is 2.75 bits per heavy atom. The Balaban J connectivity index is 2.04. The van der Waals surface area contributed by atoms with Gasteiger partial charge in [-0.1, -0.05) is 0 Å². The minimum atomic E-state index is -0.126. The molecule has 1 aliphatic heterocycles. The number of likely N-dealkylation sites (N-methyl/N-ethyl adjacent to an activating group) is 1. The average molecular weight is 227 g/mol. The van der Waals surface area contributed by atoms with Crippen molar-refractivity contribution < 1.29 is 9.59 Å². The van der Waals surface area contributed by atoms with Gasteiger partial charge < -0.3 is 16.0 Å². The molecule has 0 aromatic rings. The summed E-state index contributed by atoms with van der Waals surface area (Å²) in [4.78, 5) is 22.5. The number of hydrogen-bond acceptors (Lipinski definition) is 3. The predicted molar refractivity (Wildman–Crippen MR) is 61.9 cm³/mol. The molecule has 5 heteroatoms. The van der Waals surface area contributed by atoms with Crippen molar-refractivity contribution >= 4 is 11.8 Å². The Bertz CT molecular complexity index is 237. The van der Waals surface area contributed by atoms with Crippen molar-refractivity contribution in [3.05, 3.63) is 0 Å². The molecule has 1 atom stereocenters. The van der Waals surface area contributed by atoms with Crippen LogP contribution in [-0.4, -0.2) is 38.0 Å². The third-order valence-corrected chi connectivity index (χ3v) is 2.76. The molecule has 0 radical (unpaired) electrons. The van der Waals surface area contributed by atoms with Gasteiger partial charge in [-0.15, -0.1) is 0 Å². The summed E-state index contributed by atoms with van der Waals surface area (Å²) in [6.07, 6.45) is 2.59. The fourth-order valence-electron chi connectivity index (χ4n) is 1.82. The molecule has 3 N–H and O–H groups in total. The van der Waals surface area contributed by atoms with Gasteiger partial charge in [0.25, 0.3) is 0 Å². The van der Waals surface area contributed by atoms with Crippen LogP contribution in [0.2, 0.25) is 0 Å². The maximum atomic E-state index is 11.4. The SMILES string of the molecule is CCNC(=O)CNC(=O)CCC1CCNC1. The van der Waals surface area contributed by atoms with Crippen molar-refractivity contribution in [2.24, 2.45) is 5.92 Å². The molecule has 1 aliphatic rings. The monoisotopic (exact) mass is 227 g/mol. The molecular formula is C11H21N3O2. The Kier molecular flexibility index (Phi) is 5.85. The Hall–Kier alpha value is -1.10. The van der Waals surface area contributed by atoms with Crippen LogP contribution in [0, 0.1) is 5.92 Å². The predicted octanol–water partition coefficient (Wildman–Crippen LogP) is -0.372. The smallest absolute Gasteiger partial charge is 0.239 e. The minimum absolute atomic E-state index is 0.0295. The number of rotatable bonds is 6. The van der Waals surface area contributed by atoms with Gasteiger partial charge >= 0.3 is 0 Å². The van der Waals surface area contributed by atoms with Crippen molar-refractivity contribution in [2.75, 3.05) is 26.2 Å². The molecule has 2 amide bonds. The summed E-state index contributed by atoms with van der Waals surface area (Å²) < 4.78 is 0. The van der Waals surface area contributed by atoms with E-state index in [1.165, 1.54) is 0 Å². The molecule has 1 rings (SSSR count). The highest BCUT2D eigenvalue weighted by Gasteiger charge is 2.15. The normalized spacial score (nSPS) is 19.4. The van der Waals surface area contributed by atoms with Crippen LogP contribution in [0.1, 0.15) is 26.2 Å². The first-order chi connectivity index (χ1) is 7.72. The first kappa shape index (κ1) is 13.0. The van der Waals surface area contributed by atoms with Crippen molar-refractivity contribution in [1.82, 2.24) is 16.0 Å². The van der Waals surface area contributed by atoms with E-state index in [2.05, 4.69) is 16.0 Å². The fraction of sp³-hybridized carbons (Fsp3) is 0.818. The van der Waals surface area contributed by atoms with Crippen LogP contribution in [0.15, 0.2) is 0 Å². The summed E-state index contributed by atoms with van der Waals surface area (Å²) >= 11 is 0. The van der Waals surface area contributed by atoms with Crippen LogP contribution in [0.5, 0.6) is 0 Å². The molecule has 1 fully saturated rings. The zero-order valence-corrected chi connectivity index (χ0v) is 9.84. The largest absolute Gasteiger partial charge is 0.355 e. The Morgan fingerprint density at radius 1 is 1.31 bits per heavy atom. The van der Waals surface area contributed by atoms with E-state index in [4.69, 9.17) is 0 Å². The fourth-order valence-corrected chi connectivity index (χ4v) is 1.82. The van der Waals surface area contributed by atoms with Crippen molar-refractivity contribution in [3.8, 4) is 0 Å². The summed E-state index contributed by atoms with van der Waals surface area (Å²) in [6, 6.07) is 0. The Labute approximate surface area is 96.4 Å². The van der Waals surface area contributed by atoms with Crippen LogP contribution in [-0.2, 0) is 9.59 Å². The summed E-state index contributed by atoms with van der Waals surface area (Å²) in [6.45, 7) is 4.62. The third-order valence-electron chi connectivity index (χ3n) is 2.76. The van der Waals surface area contributed by atoms with Gasteiger partial charge in [0.2, 0.25) is 11.8 Å². The minimum Gasteiger partial charge on any atom is -0.355 e. The lowest BCUT2D eigenvalue weighted by Crippen LogP contribution is -2.36. The van der Waals surface area contributed by atoms with Gasteiger partial charge in [-0.25, -0.2) is 0 Å². The van der Waals surface area contributed by atoms with Gasteiger partial charge in [0.05, 0.1) is 6.54 Å². The molecule has 1 unspecified atom stereocenters. The molecule has 92 valence electrons. The molecule has 5 nitrogen and oxygen atoms in total. The zero-order valence-electron chi connectivity index (χ0n) is 9.84. The molecule has 16 heavy (non-hydrogen) atoms. The van der Waals surface area contributed by atoms with E-state index >= 15 is 0 Å². The highest BCUT2D eigenvalue weighted by atomic mass is 16.2. The summed E-state index contributed by atoms with van der Waals surface area (Å²) in [5.74, 6) is 0.465. The quantitative estimate of drug-likeness (QED) is 0.580. The van der Waals surface area contributed by atoms with Crippen LogP contribution in [0.4, 0.5) is 0 Å². The van der Waals surface area contributed by atoms with Gasteiger partial charge in [-0.05, 0) is 38.8 Å². The molecule has 0 spiro atoms. The molecule has 0 bridgehead atoms. The highest BCUT2D eigenvalue weighted by Crippen LogP contribution is 2.13. The molecule has 1 heterocycles. The second-order valence-corrected chi connectivity index (χ2v) is 4.13. The maximum Gasteiger partial charge on any atom is 0.239 e. The van der Waals surface area contributed by atoms with Crippen LogP contribution in [0.25, 0.3) is 0 Å². The number of carbonyl (C=O) groups is 2. The van der Waals surface area contributed by atoms with E-state index in [1.807, 2.05) is 6.92 Å². The second-order valence-electron chi connectivity index (χ2n) is 4.13. The van der Waals surface area contributed by atoms with Gasteiger partial charge in [0.1, 0.15) is 0 Å². The van der Waals surface area contributed by atoms with E-state index in [0.717, 1.165) is 25.9 Å². The summed E-state index contributed by atoms with van der Waals surface area (Å²) in [5.41, 5.74) is 0. The number of amides is 2. The standard InChI is InChI=1S/C11H21N3O2/c1-2-13-11(16)8-14-10(15)4-3-9-5-6-12-7-9/h9,12H,2-8H2,1H3,(H,13,16)(H,14,15). The van der Waals surface area contributed by atoms with Crippen LogP contribution in [0.3, 0.4) is 0 Å². The van der Waals surface area contributed by atoms with E-state index in [9.17, 15) is 9.59 Å². The van der Waals surface area contributed by atoms with Gasteiger partial charge in [0.15, 0.2) is 0 Å². The molecule has 0 aromatic heterocycles. The number of nitrogens with one attached hydrogen (secondary N) is 3. The highest BCUT2D eigenvalue weighted by molar-refractivity contribution is 5.84. The molecule has 1 saturated heterocycles. The van der Waals surface area contributed by atoms with Gasteiger partial charge in [0, 0.05) is 13.0 Å². The lowest BCUT2D eigenvalue weighted by Gasteiger charge is -2.08. The van der Waals surface area contributed by atoms with Gasteiger partial charge in [-0.3, -0.25) is 9.59 Å². The number of hydrogen-bond donors (Lipinski definition) is 3. The lowest BCUT2D eigenvalue weighted by atomic mass is 10.0. The van der Waals surface area contributed by atoms with E-state index < -0.39 is 0 Å². The maximum absolute atomic E-state index is 11.4. The van der Waals surface area contributed by atoms with E-state index in [-0.39, 0.29) is 18.4 Å². The Morgan fingerprint density at radius 2 is 2.12 bits per heavy atom. The van der Waals surface area contributed by atoms with Crippen molar-refractivity contribution in [2.45, 2.75) is 26.2 Å². The summed E-state index contributed by atoms with van der Waals surface area (Å²) in [7, 11) is 0. The first-order valence-electron chi connectivity index (χ1n) is 5.96. The van der Waals surface area contributed by atoms with Crippen LogP contribution < -0.4 is 16.0 Å². The lowest BCUT2D eigenvalue weighted by molar-refractivity contribution is -0.126. The molecular weight excluding hydrogens is 206 g/mol. The zero-order chi connectivity index (χ0) is 11.8. The first-order valence-corrected chi connectivity index (χ1v) is 5.96. The topological polar surface area (TPSA) is 70.2 Å². The van der Waals surface area contributed by atoms with Crippen LogP contribution >= 0.6 is 0 Å². The van der Waals surface area contributed by atoms with Crippen molar-refractivity contribution in [1.29, 1.82) is 0 Å². The van der Waals surface area contributed by atoms with Gasteiger partial charge in [-0.2, -0.15) is 0 Å². The number of carbonyl (C=O) groups excluding carboxylic acids is 2. The average Bonchev–Trinajstić information content (AvgIpc) is 2.77. The summed E-state index contributed by atoms with van der Waals surface area (Å²) in [5, 5.41) is 8.52. The molecule has 0 aromatic carbocycles.